The summed E-state index contributed by atoms with van der Waals surface area (Å²) in [7, 11) is 2.46. The number of unbranched alkanes of at least 4 members (excludes halogenated alkanes) is 1. The number of halogens is 1. The zero-order valence-electron chi connectivity index (χ0n) is 31.6. The minimum atomic E-state index is -1.62. The van der Waals surface area contributed by atoms with Crippen LogP contribution in [0.3, 0.4) is 0 Å². The summed E-state index contributed by atoms with van der Waals surface area (Å²) in [6.45, 7) is 3.71. The molecule has 2 aliphatic heterocycles. The van der Waals surface area contributed by atoms with Crippen molar-refractivity contribution < 1.29 is 61.9 Å². The van der Waals surface area contributed by atoms with Crippen LogP contribution in [0.15, 0.2) is 48.6 Å². The molecule has 0 N–H and O–H groups in total. The Morgan fingerprint density at radius 1 is 0.964 bits per heavy atom. The lowest BCUT2D eigenvalue weighted by atomic mass is 9.97. The quantitative estimate of drug-likeness (QED) is 0.0863. The summed E-state index contributed by atoms with van der Waals surface area (Å²) >= 11 is 8.34. The van der Waals surface area contributed by atoms with E-state index in [1.54, 1.807) is 22.3 Å². The zero-order chi connectivity index (χ0) is 40.1. The highest BCUT2D eigenvalue weighted by Crippen LogP contribution is 2.37. The molecule has 1 aromatic heterocycles. The monoisotopic (exact) mass is 805 g/mol. The number of amides is 1. The first-order valence-corrected chi connectivity index (χ1v) is 19.3. The molecule has 4 rings (SSSR count). The standard InChI is InChI=1S/C39H48ClNO13S/c1-23(42)50-34-35(51-24(2)43)37(52-25(3)44)39(54-36(34)38(47)49-5)53-27(20-21-30-33(40)28-14-9-10-15-29(28)55-30)19-18-26-13-12-16-31(45)41(26)22-11-7-6-8-17-32(46)48-4/h7,9-11,14-15,18-19,26-27,34-37,39H,6,8,12-13,16-17,20-22H2,1-5H3/b11-7-,19-18+/t26-,27?,34+,35+,36?,37?,39-/m1/s1. The minimum Gasteiger partial charge on any atom is -0.469 e. The molecule has 0 aliphatic carbocycles. The van der Waals surface area contributed by atoms with Crippen LogP contribution in [0.4, 0.5) is 0 Å². The van der Waals surface area contributed by atoms with Crippen LogP contribution in [0.5, 0.6) is 0 Å². The fraction of sp³-hybridized carbons (Fsp3) is 0.538. The van der Waals surface area contributed by atoms with Gasteiger partial charge in [0, 0.05) is 55.1 Å². The van der Waals surface area contributed by atoms with E-state index in [1.165, 1.54) is 7.11 Å². The van der Waals surface area contributed by atoms with Crippen molar-refractivity contribution in [1.29, 1.82) is 0 Å². The van der Waals surface area contributed by atoms with Crippen molar-refractivity contribution in [3.63, 3.8) is 0 Å². The Morgan fingerprint density at radius 3 is 2.33 bits per heavy atom. The molecule has 300 valence electrons. The molecule has 7 atom stereocenters. The molecule has 2 saturated heterocycles. The smallest absolute Gasteiger partial charge is 0.339 e. The number of rotatable bonds is 17. The van der Waals surface area contributed by atoms with Gasteiger partial charge in [0.1, 0.15) is 0 Å². The van der Waals surface area contributed by atoms with Crippen LogP contribution in [0.1, 0.15) is 70.6 Å². The van der Waals surface area contributed by atoms with Crippen LogP contribution in [-0.4, -0.2) is 104 Å². The maximum atomic E-state index is 13.1. The predicted molar refractivity (Wildman–Crippen MR) is 201 cm³/mol. The van der Waals surface area contributed by atoms with Crippen molar-refractivity contribution in [3.8, 4) is 0 Å². The molecule has 0 saturated carbocycles. The van der Waals surface area contributed by atoms with Crippen LogP contribution in [-0.2, 0) is 68.3 Å². The van der Waals surface area contributed by atoms with Gasteiger partial charge in [0.05, 0.1) is 31.4 Å². The number of ether oxygens (including phenoxy) is 7. The molecule has 3 heterocycles. The maximum Gasteiger partial charge on any atom is 0.339 e. The lowest BCUT2D eigenvalue weighted by Gasteiger charge is -2.43. The average molecular weight is 806 g/mol. The van der Waals surface area contributed by atoms with Gasteiger partial charge in [-0.1, -0.05) is 54.1 Å². The summed E-state index contributed by atoms with van der Waals surface area (Å²) in [5.41, 5.74) is 0. The fourth-order valence-corrected chi connectivity index (χ4v) is 8.02. The molecule has 0 radical (unpaired) electrons. The van der Waals surface area contributed by atoms with Crippen molar-refractivity contribution in [3.05, 3.63) is 58.5 Å². The van der Waals surface area contributed by atoms with E-state index in [-0.39, 0.29) is 17.9 Å². The number of aryl methyl sites for hydroxylation is 1. The Hall–Kier alpha value is -4.31. The van der Waals surface area contributed by atoms with E-state index in [0.717, 1.165) is 42.8 Å². The third-order valence-electron chi connectivity index (χ3n) is 9.01. The van der Waals surface area contributed by atoms with E-state index in [1.807, 2.05) is 42.5 Å². The number of carbonyl (C=O) groups excluding carboxylic acids is 6. The van der Waals surface area contributed by atoms with Crippen molar-refractivity contribution >= 4 is 68.8 Å². The molecule has 2 aromatic rings. The van der Waals surface area contributed by atoms with E-state index >= 15 is 0 Å². The molecule has 1 amide bonds. The van der Waals surface area contributed by atoms with Crippen molar-refractivity contribution in [1.82, 2.24) is 4.90 Å². The molecule has 16 heteroatoms. The molecule has 2 aliphatic rings. The van der Waals surface area contributed by atoms with Gasteiger partial charge in [-0.3, -0.25) is 24.0 Å². The summed E-state index contributed by atoms with van der Waals surface area (Å²) in [6, 6.07) is 7.46. The normalized spacial score (nSPS) is 23.5. The number of nitrogens with zero attached hydrogens (tertiary/aromatic N) is 1. The number of fused-ring (bicyclic) bond motifs is 1. The predicted octanol–water partition coefficient (Wildman–Crippen LogP) is 5.40. The second-order valence-corrected chi connectivity index (χ2v) is 14.6. The molecule has 0 bridgehead atoms. The number of thiophene rings is 1. The van der Waals surface area contributed by atoms with Crippen LogP contribution in [0, 0.1) is 0 Å². The van der Waals surface area contributed by atoms with Gasteiger partial charge in [0.2, 0.25) is 5.91 Å². The second-order valence-electron chi connectivity index (χ2n) is 13.0. The number of allylic oxidation sites excluding steroid dienone is 1. The Morgan fingerprint density at radius 2 is 1.65 bits per heavy atom. The van der Waals surface area contributed by atoms with Gasteiger partial charge in [-0.15, -0.1) is 11.3 Å². The molecule has 55 heavy (non-hydrogen) atoms. The average Bonchev–Trinajstić information content (AvgIpc) is 3.47. The Labute approximate surface area is 329 Å². The van der Waals surface area contributed by atoms with E-state index in [2.05, 4.69) is 0 Å². The number of carbonyl (C=O) groups is 6. The third kappa shape index (κ3) is 12.3. The van der Waals surface area contributed by atoms with Crippen LogP contribution in [0.25, 0.3) is 10.1 Å². The van der Waals surface area contributed by atoms with E-state index in [0.29, 0.717) is 62.9 Å². The molecule has 0 spiro atoms. The van der Waals surface area contributed by atoms with Crippen molar-refractivity contribution in [2.24, 2.45) is 0 Å². The van der Waals surface area contributed by atoms with Crippen LogP contribution >= 0.6 is 22.9 Å². The van der Waals surface area contributed by atoms with Gasteiger partial charge in [0.25, 0.3) is 0 Å². The summed E-state index contributed by atoms with van der Waals surface area (Å²) in [4.78, 5) is 77.2. The maximum absolute atomic E-state index is 13.1. The summed E-state index contributed by atoms with van der Waals surface area (Å²) in [5.74, 6) is -3.64. The first-order chi connectivity index (χ1) is 26.3. The number of hydrogen-bond acceptors (Lipinski definition) is 14. The lowest BCUT2D eigenvalue weighted by molar-refractivity contribution is -0.307. The van der Waals surface area contributed by atoms with Gasteiger partial charge in [-0.2, -0.15) is 0 Å². The number of hydrogen-bond donors (Lipinski definition) is 0. The minimum absolute atomic E-state index is 0.0122. The second kappa shape index (κ2) is 21.1. The highest BCUT2D eigenvalue weighted by atomic mass is 35.5. The first-order valence-electron chi connectivity index (χ1n) is 18.1. The highest BCUT2D eigenvalue weighted by molar-refractivity contribution is 7.19. The van der Waals surface area contributed by atoms with Gasteiger partial charge < -0.3 is 38.1 Å². The van der Waals surface area contributed by atoms with Gasteiger partial charge in [-0.25, -0.2) is 4.79 Å². The largest absolute Gasteiger partial charge is 0.469 e. The molecule has 1 aromatic carbocycles. The Kier molecular flexibility index (Phi) is 16.7. The Balaban J connectivity index is 1.66. The summed E-state index contributed by atoms with van der Waals surface area (Å²) in [6.07, 6.45) is 3.16. The van der Waals surface area contributed by atoms with Gasteiger partial charge in [0.15, 0.2) is 30.7 Å². The molecule has 2 fully saturated rings. The topological polar surface area (TPSA) is 170 Å². The van der Waals surface area contributed by atoms with Crippen molar-refractivity contribution in [2.75, 3.05) is 20.8 Å². The number of methoxy groups -OCH3 is 2. The first kappa shape index (κ1) is 43.4. The molecule has 14 nitrogen and oxygen atoms in total. The van der Waals surface area contributed by atoms with Crippen molar-refractivity contribution in [2.45, 2.75) is 115 Å². The highest BCUT2D eigenvalue weighted by Gasteiger charge is 2.55. The number of piperidine rings is 1. The molecular weight excluding hydrogens is 758 g/mol. The van der Waals surface area contributed by atoms with Gasteiger partial charge >= 0.3 is 29.8 Å². The van der Waals surface area contributed by atoms with Crippen LogP contribution in [0.2, 0.25) is 5.02 Å². The molecular formula is C39H48ClNO13S. The van der Waals surface area contributed by atoms with Crippen LogP contribution < -0.4 is 0 Å². The number of benzene rings is 1. The zero-order valence-corrected chi connectivity index (χ0v) is 33.1. The molecule has 3 unspecified atom stereocenters. The lowest BCUT2D eigenvalue weighted by Crippen LogP contribution is -2.64. The van der Waals surface area contributed by atoms with E-state index in [9.17, 15) is 28.8 Å². The number of likely N-dealkylation sites (tertiary alicyclic amines) is 1. The number of esters is 5. The van der Waals surface area contributed by atoms with E-state index in [4.69, 9.17) is 44.8 Å². The van der Waals surface area contributed by atoms with Gasteiger partial charge in [-0.05, 0) is 44.6 Å². The third-order valence-corrected chi connectivity index (χ3v) is 10.8. The Bertz CT molecular complexity index is 1740. The summed E-state index contributed by atoms with van der Waals surface area (Å²) < 4.78 is 39.7. The SMILES string of the molecule is COC(=O)CCC/C=C\CN1C(=O)CCC[C@@H]1/C=C/C(CCc1sc2ccccc2c1Cl)O[C@@H]1OC(C(=O)OC)[C@@H](OC(C)=O)[C@H](OC(C)=O)C1OC(C)=O. The fourth-order valence-electron chi connectivity index (χ4n) is 6.48. The van der Waals surface area contributed by atoms with E-state index < -0.39 is 60.7 Å². The summed E-state index contributed by atoms with van der Waals surface area (Å²) in [5, 5.41) is 1.53.